The number of hydrogen-bond donors (Lipinski definition) is 1. The van der Waals surface area contributed by atoms with Crippen molar-refractivity contribution in [1.29, 1.82) is 0 Å². The molecule has 0 saturated carbocycles. The molecule has 0 aliphatic carbocycles. The van der Waals surface area contributed by atoms with Crippen LogP contribution in [0.5, 0.6) is 0 Å². The number of rotatable bonds is 3. The van der Waals surface area contributed by atoms with Gasteiger partial charge in [0.25, 0.3) is 0 Å². The van der Waals surface area contributed by atoms with Gasteiger partial charge in [-0.1, -0.05) is 18.2 Å². The number of aliphatic imine (C=N–C) groups is 1. The molecule has 0 radical (unpaired) electrons. The van der Waals surface area contributed by atoms with E-state index in [1.165, 1.54) is 12.0 Å². The molecule has 0 spiro atoms. The Morgan fingerprint density at radius 3 is 2.93 bits per heavy atom. The fourth-order valence-corrected chi connectivity index (χ4v) is 5.12. The number of hydrogen-bond acceptors (Lipinski definition) is 7. The van der Waals surface area contributed by atoms with E-state index in [-0.39, 0.29) is 18.1 Å². The van der Waals surface area contributed by atoms with Crippen molar-refractivity contribution in [3.63, 3.8) is 0 Å². The molecule has 0 saturated heterocycles. The van der Waals surface area contributed by atoms with Crippen molar-refractivity contribution in [1.82, 2.24) is 20.2 Å². The standard InChI is InChI=1S/C22H23N5O2S/c1-14-10-19-18(12-27(14)20-7-9-24-22-17(20)6-8-23-22)21(26-13-25-19)15-4-3-5-16(11-15)30(2,28)29/h3-9,11,13-14,17,22-23H,10,12H2,1-2H3. The molecule has 4 heterocycles. The van der Waals surface area contributed by atoms with Crippen molar-refractivity contribution < 1.29 is 8.42 Å². The van der Waals surface area contributed by atoms with Gasteiger partial charge in [-0.2, -0.15) is 0 Å². The Balaban J connectivity index is 1.56. The van der Waals surface area contributed by atoms with Crippen LogP contribution in [-0.4, -0.2) is 48.0 Å². The van der Waals surface area contributed by atoms with Crippen molar-refractivity contribution in [2.24, 2.45) is 10.9 Å². The lowest BCUT2D eigenvalue weighted by atomic mass is 9.92. The van der Waals surface area contributed by atoms with Crippen LogP contribution < -0.4 is 5.32 Å². The van der Waals surface area contributed by atoms with Crippen LogP contribution in [0.3, 0.4) is 0 Å². The number of aromatic nitrogens is 2. The van der Waals surface area contributed by atoms with Gasteiger partial charge in [-0.15, -0.1) is 0 Å². The Kier molecular flexibility index (Phi) is 4.47. The molecule has 2 aromatic rings. The van der Waals surface area contributed by atoms with Gasteiger partial charge >= 0.3 is 0 Å². The molecule has 5 rings (SSSR count). The topological polar surface area (TPSA) is 87.6 Å². The van der Waals surface area contributed by atoms with Crippen LogP contribution in [0, 0.1) is 5.92 Å². The third-order valence-corrected chi connectivity index (χ3v) is 7.11. The third-order valence-electron chi connectivity index (χ3n) is 6.00. The van der Waals surface area contributed by atoms with Crippen molar-refractivity contribution in [2.75, 3.05) is 6.26 Å². The molecule has 0 fully saturated rings. The van der Waals surface area contributed by atoms with E-state index >= 15 is 0 Å². The van der Waals surface area contributed by atoms with Crippen LogP contribution in [0.2, 0.25) is 0 Å². The Labute approximate surface area is 176 Å². The Bertz CT molecular complexity index is 1200. The molecule has 1 aromatic carbocycles. The molecule has 7 nitrogen and oxygen atoms in total. The molecule has 8 heteroatoms. The highest BCUT2D eigenvalue weighted by molar-refractivity contribution is 7.90. The molecule has 3 aliphatic rings. The van der Waals surface area contributed by atoms with Crippen molar-refractivity contribution in [3.8, 4) is 11.3 Å². The zero-order chi connectivity index (χ0) is 20.9. The van der Waals surface area contributed by atoms with E-state index < -0.39 is 9.84 Å². The van der Waals surface area contributed by atoms with Crippen molar-refractivity contribution >= 4 is 16.1 Å². The van der Waals surface area contributed by atoms with Crippen molar-refractivity contribution in [3.05, 3.63) is 65.9 Å². The minimum atomic E-state index is -3.29. The van der Waals surface area contributed by atoms with E-state index in [0.29, 0.717) is 11.4 Å². The molecule has 3 atom stereocenters. The second-order valence-corrected chi connectivity index (χ2v) is 10.0. The second-order valence-electron chi connectivity index (χ2n) is 8.01. The number of fused-ring (bicyclic) bond motifs is 2. The Morgan fingerprint density at radius 1 is 1.23 bits per heavy atom. The highest BCUT2D eigenvalue weighted by Gasteiger charge is 2.35. The summed E-state index contributed by atoms with van der Waals surface area (Å²) in [5.41, 5.74) is 4.90. The zero-order valence-electron chi connectivity index (χ0n) is 16.9. The van der Waals surface area contributed by atoms with Gasteiger partial charge in [0.05, 0.1) is 22.2 Å². The first-order valence-corrected chi connectivity index (χ1v) is 11.9. The van der Waals surface area contributed by atoms with Crippen LogP contribution in [0.15, 0.2) is 64.5 Å². The predicted molar refractivity (Wildman–Crippen MR) is 115 cm³/mol. The molecule has 0 amide bonds. The summed E-state index contributed by atoms with van der Waals surface area (Å²) in [6, 6.07) is 7.28. The van der Waals surface area contributed by atoms with Gasteiger partial charge in [0.1, 0.15) is 12.5 Å². The zero-order valence-corrected chi connectivity index (χ0v) is 17.7. The first kappa shape index (κ1) is 19.0. The van der Waals surface area contributed by atoms with Crippen molar-refractivity contribution in [2.45, 2.75) is 37.0 Å². The predicted octanol–water partition coefficient (Wildman–Crippen LogP) is 2.32. The van der Waals surface area contributed by atoms with Crippen LogP contribution >= 0.6 is 0 Å². The third kappa shape index (κ3) is 3.21. The Hall–Kier alpha value is -3.00. The van der Waals surface area contributed by atoms with E-state index in [1.54, 1.807) is 24.5 Å². The molecular formula is C22H23N5O2S. The number of benzene rings is 1. The summed E-state index contributed by atoms with van der Waals surface area (Å²) >= 11 is 0. The van der Waals surface area contributed by atoms with Gasteiger partial charge in [0.2, 0.25) is 0 Å². The van der Waals surface area contributed by atoms with E-state index in [1.807, 2.05) is 18.5 Å². The maximum absolute atomic E-state index is 12.0. The van der Waals surface area contributed by atoms with Gasteiger partial charge in [-0.05, 0) is 31.3 Å². The van der Waals surface area contributed by atoms with Gasteiger partial charge in [-0.3, -0.25) is 4.99 Å². The summed E-state index contributed by atoms with van der Waals surface area (Å²) in [6.07, 6.45) is 11.8. The molecule has 3 unspecified atom stereocenters. The average Bonchev–Trinajstić information content (AvgIpc) is 3.21. The Morgan fingerprint density at radius 2 is 2.10 bits per heavy atom. The number of allylic oxidation sites excluding steroid dienone is 1. The first-order chi connectivity index (χ1) is 14.4. The molecule has 154 valence electrons. The number of nitrogens with one attached hydrogen (secondary N) is 1. The number of nitrogens with zero attached hydrogens (tertiary/aromatic N) is 4. The van der Waals surface area contributed by atoms with E-state index in [9.17, 15) is 8.42 Å². The van der Waals surface area contributed by atoms with Crippen LogP contribution in [0.25, 0.3) is 11.3 Å². The summed E-state index contributed by atoms with van der Waals surface area (Å²) < 4.78 is 24.1. The lowest BCUT2D eigenvalue weighted by Gasteiger charge is -2.41. The van der Waals surface area contributed by atoms with Gasteiger partial charge in [0.15, 0.2) is 9.84 Å². The minimum Gasteiger partial charge on any atom is -0.369 e. The van der Waals surface area contributed by atoms with Gasteiger partial charge in [-0.25, -0.2) is 18.4 Å². The highest BCUT2D eigenvalue weighted by Crippen LogP contribution is 2.36. The van der Waals surface area contributed by atoms with Crippen LogP contribution in [0.4, 0.5) is 0 Å². The molecular weight excluding hydrogens is 398 g/mol. The number of sulfone groups is 1. The largest absolute Gasteiger partial charge is 0.369 e. The minimum absolute atomic E-state index is 0.0523. The normalized spacial score (nSPS) is 24.8. The summed E-state index contributed by atoms with van der Waals surface area (Å²) in [7, 11) is -3.29. The maximum atomic E-state index is 12.0. The fourth-order valence-electron chi connectivity index (χ4n) is 4.45. The smallest absolute Gasteiger partial charge is 0.175 e. The summed E-state index contributed by atoms with van der Waals surface area (Å²) in [5, 5.41) is 3.29. The second kappa shape index (κ2) is 7.05. The average molecular weight is 422 g/mol. The van der Waals surface area contributed by atoms with E-state index in [0.717, 1.165) is 28.9 Å². The first-order valence-electron chi connectivity index (χ1n) is 9.98. The molecule has 30 heavy (non-hydrogen) atoms. The van der Waals surface area contributed by atoms with Crippen LogP contribution in [0.1, 0.15) is 18.2 Å². The van der Waals surface area contributed by atoms with Gasteiger partial charge < -0.3 is 10.2 Å². The SMILES string of the molecule is CC1Cc2ncnc(-c3cccc(S(C)(=O)=O)c3)c2CN1C1=CC=NC2NC=CC12. The maximum Gasteiger partial charge on any atom is 0.175 e. The molecule has 3 aliphatic heterocycles. The lowest BCUT2D eigenvalue weighted by molar-refractivity contribution is 0.212. The highest BCUT2D eigenvalue weighted by atomic mass is 32.2. The molecule has 1 N–H and O–H groups in total. The fraction of sp³-hybridized carbons (Fsp3) is 0.318. The lowest BCUT2D eigenvalue weighted by Crippen LogP contribution is -2.43. The molecule has 0 bridgehead atoms. The summed E-state index contributed by atoms with van der Waals surface area (Å²) in [6.45, 7) is 2.88. The van der Waals surface area contributed by atoms with Gasteiger partial charge in [0, 0.05) is 48.3 Å². The van der Waals surface area contributed by atoms with Crippen LogP contribution in [-0.2, 0) is 22.8 Å². The van der Waals surface area contributed by atoms with E-state index in [2.05, 4.69) is 44.3 Å². The van der Waals surface area contributed by atoms with E-state index in [4.69, 9.17) is 0 Å². The molecule has 1 aromatic heterocycles. The summed E-state index contributed by atoms with van der Waals surface area (Å²) in [5.74, 6) is 0.209. The monoisotopic (exact) mass is 421 g/mol. The summed E-state index contributed by atoms with van der Waals surface area (Å²) in [4.78, 5) is 16.3. The number of dihydropyridines is 1. The quantitative estimate of drug-likeness (QED) is 0.818.